The summed E-state index contributed by atoms with van der Waals surface area (Å²) >= 11 is 0. The molecule has 0 aliphatic carbocycles. The van der Waals surface area contributed by atoms with Crippen LogP contribution in [0.4, 0.5) is 0 Å². The zero-order valence-corrected chi connectivity index (χ0v) is 11.8. The first-order chi connectivity index (χ1) is 8.58. The molecule has 1 heterocycles. The highest BCUT2D eigenvalue weighted by atomic mass is 16.5. The number of allylic oxidation sites excluding steroid dienone is 5. The maximum atomic E-state index is 5.45. The van der Waals surface area contributed by atoms with E-state index < -0.39 is 0 Å². The summed E-state index contributed by atoms with van der Waals surface area (Å²) in [5.74, 6) is 0. The molecule has 0 radical (unpaired) electrons. The van der Waals surface area contributed by atoms with Gasteiger partial charge in [-0.1, -0.05) is 6.08 Å². The second-order valence-electron chi connectivity index (χ2n) is 4.78. The van der Waals surface area contributed by atoms with E-state index in [1.807, 2.05) is 62.4 Å². The predicted molar refractivity (Wildman–Crippen MR) is 76.9 cm³/mol. The molecule has 0 atom stereocenters. The predicted octanol–water partition coefficient (Wildman–Crippen LogP) is 2.19. The Morgan fingerprint density at radius 1 is 1.28 bits per heavy atom. The van der Waals surface area contributed by atoms with Crippen molar-refractivity contribution in [2.24, 2.45) is 0 Å². The summed E-state index contributed by atoms with van der Waals surface area (Å²) in [6.45, 7) is 0.687. The van der Waals surface area contributed by atoms with Crippen molar-refractivity contribution >= 4 is 6.21 Å². The van der Waals surface area contributed by atoms with Gasteiger partial charge in [-0.25, -0.2) is 4.58 Å². The fraction of sp³-hybridized carbons (Fsp3) is 0.400. The van der Waals surface area contributed by atoms with Gasteiger partial charge >= 0.3 is 0 Å². The number of rotatable bonds is 4. The molecule has 3 heteroatoms. The largest absolute Gasteiger partial charge is 0.497 e. The Balaban J connectivity index is 2.58. The lowest BCUT2D eigenvalue weighted by Crippen LogP contribution is -2.03. The SMILES string of the molecule is CN(C)/C=C/C=C1\COC=C(C=CC=[N+](C)C)C1. The fourth-order valence-electron chi connectivity index (χ4n) is 1.51. The van der Waals surface area contributed by atoms with Gasteiger partial charge < -0.3 is 9.64 Å². The molecule has 0 aromatic carbocycles. The van der Waals surface area contributed by atoms with Gasteiger partial charge in [-0.2, -0.15) is 0 Å². The first kappa shape index (κ1) is 14.3. The van der Waals surface area contributed by atoms with Crippen molar-refractivity contribution in [3.8, 4) is 0 Å². The van der Waals surface area contributed by atoms with Gasteiger partial charge in [0.25, 0.3) is 0 Å². The molecule has 0 unspecified atom stereocenters. The molecule has 0 saturated heterocycles. The minimum atomic E-state index is 0.687. The van der Waals surface area contributed by atoms with Crippen molar-refractivity contribution in [1.82, 2.24) is 4.90 Å². The van der Waals surface area contributed by atoms with E-state index in [-0.39, 0.29) is 0 Å². The van der Waals surface area contributed by atoms with Crippen molar-refractivity contribution in [3.05, 3.63) is 47.9 Å². The van der Waals surface area contributed by atoms with Crippen molar-refractivity contribution < 1.29 is 9.31 Å². The highest BCUT2D eigenvalue weighted by Gasteiger charge is 2.06. The molecular weight excluding hydrogens is 224 g/mol. The third-order valence-corrected chi connectivity index (χ3v) is 2.35. The summed E-state index contributed by atoms with van der Waals surface area (Å²) < 4.78 is 7.46. The maximum Gasteiger partial charge on any atom is 0.162 e. The highest BCUT2D eigenvalue weighted by Crippen LogP contribution is 2.18. The Bertz CT molecular complexity index is 408. The molecule has 1 aliphatic heterocycles. The standard InChI is InChI=1S/C15H23N2O/c1-16(2)9-5-7-14-11-15(13-18-12-14)8-6-10-17(3)4/h5-10,12H,11,13H2,1-4H3/q+1/b7-5?,10-6+,15-8-. The number of hydrogen-bond donors (Lipinski definition) is 0. The Labute approximate surface area is 110 Å². The quantitative estimate of drug-likeness (QED) is 0.559. The van der Waals surface area contributed by atoms with Crippen molar-refractivity contribution in [1.29, 1.82) is 0 Å². The van der Waals surface area contributed by atoms with E-state index in [0.717, 1.165) is 6.42 Å². The molecule has 0 aromatic rings. The molecular formula is C15H23N2O+. The molecule has 0 bridgehead atoms. The molecule has 98 valence electrons. The Hall–Kier alpha value is -1.77. The van der Waals surface area contributed by atoms with Crippen LogP contribution in [0.15, 0.2) is 47.9 Å². The Kier molecular flexibility index (Phi) is 5.98. The zero-order chi connectivity index (χ0) is 13.4. The van der Waals surface area contributed by atoms with Crippen LogP contribution in [0.2, 0.25) is 0 Å². The van der Waals surface area contributed by atoms with Crippen LogP contribution in [0.25, 0.3) is 0 Å². The van der Waals surface area contributed by atoms with Gasteiger partial charge in [-0.3, -0.25) is 0 Å². The topological polar surface area (TPSA) is 15.5 Å². The molecule has 3 nitrogen and oxygen atoms in total. The summed E-state index contributed by atoms with van der Waals surface area (Å²) in [5.41, 5.74) is 2.49. The first-order valence-electron chi connectivity index (χ1n) is 6.09. The minimum Gasteiger partial charge on any atom is -0.497 e. The van der Waals surface area contributed by atoms with E-state index in [9.17, 15) is 0 Å². The number of nitrogens with zero attached hydrogens (tertiary/aromatic N) is 2. The Morgan fingerprint density at radius 3 is 2.72 bits per heavy atom. The van der Waals surface area contributed by atoms with Crippen LogP contribution in [0.5, 0.6) is 0 Å². The van der Waals surface area contributed by atoms with Crippen LogP contribution >= 0.6 is 0 Å². The van der Waals surface area contributed by atoms with E-state index in [1.54, 1.807) is 0 Å². The average Bonchev–Trinajstić information content (AvgIpc) is 2.28. The van der Waals surface area contributed by atoms with E-state index >= 15 is 0 Å². The molecule has 0 amide bonds. The molecule has 0 saturated carbocycles. The fourth-order valence-corrected chi connectivity index (χ4v) is 1.51. The second-order valence-corrected chi connectivity index (χ2v) is 4.78. The molecule has 18 heavy (non-hydrogen) atoms. The van der Waals surface area contributed by atoms with E-state index in [0.29, 0.717) is 6.61 Å². The van der Waals surface area contributed by atoms with Crippen LogP contribution in [0.3, 0.4) is 0 Å². The molecule has 1 aliphatic rings. The van der Waals surface area contributed by atoms with E-state index in [1.165, 1.54) is 11.1 Å². The molecule has 0 aromatic heterocycles. The first-order valence-corrected chi connectivity index (χ1v) is 6.09. The lowest BCUT2D eigenvalue weighted by Gasteiger charge is -2.14. The third kappa shape index (κ3) is 6.09. The van der Waals surface area contributed by atoms with E-state index in [4.69, 9.17) is 4.74 Å². The number of ether oxygens (including phenoxy) is 1. The van der Waals surface area contributed by atoms with Gasteiger partial charge in [-0.15, -0.1) is 0 Å². The summed E-state index contributed by atoms with van der Waals surface area (Å²) in [7, 11) is 8.04. The molecule has 0 fully saturated rings. The monoisotopic (exact) mass is 247 g/mol. The molecule has 0 spiro atoms. The van der Waals surface area contributed by atoms with Crippen LogP contribution < -0.4 is 0 Å². The zero-order valence-electron chi connectivity index (χ0n) is 11.8. The lowest BCUT2D eigenvalue weighted by molar-refractivity contribution is -0.458. The van der Waals surface area contributed by atoms with Gasteiger partial charge in [0.1, 0.15) is 20.7 Å². The summed E-state index contributed by atoms with van der Waals surface area (Å²) in [5, 5.41) is 0. The third-order valence-electron chi connectivity index (χ3n) is 2.35. The van der Waals surface area contributed by atoms with Gasteiger partial charge in [0.15, 0.2) is 6.21 Å². The number of hydrogen-bond acceptors (Lipinski definition) is 2. The van der Waals surface area contributed by atoms with Crippen LogP contribution in [-0.2, 0) is 4.74 Å². The van der Waals surface area contributed by atoms with Gasteiger partial charge in [-0.05, 0) is 35.9 Å². The van der Waals surface area contributed by atoms with Gasteiger partial charge in [0, 0.05) is 20.2 Å². The maximum absolute atomic E-state index is 5.45. The Morgan fingerprint density at radius 2 is 2.06 bits per heavy atom. The average molecular weight is 247 g/mol. The van der Waals surface area contributed by atoms with Gasteiger partial charge in [0.2, 0.25) is 0 Å². The summed E-state index contributed by atoms with van der Waals surface area (Å²) in [4.78, 5) is 2.02. The van der Waals surface area contributed by atoms with Crippen molar-refractivity contribution in [2.75, 3.05) is 34.8 Å². The molecule has 1 rings (SSSR count). The van der Waals surface area contributed by atoms with Crippen molar-refractivity contribution in [3.63, 3.8) is 0 Å². The lowest BCUT2D eigenvalue weighted by atomic mass is 10.0. The van der Waals surface area contributed by atoms with Crippen LogP contribution in [0.1, 0.15) is 6.42 Å². The van der Waals surface area contributed by atoms with Crippen LogP contribution in [0, 0.1) is 0 Å². The van der Waals surface area contributed by atoms with E-state index in [2.05, 4.69) is 18.2 Å². The van der Waals surface area contributed by atoms with Crippen LogP contribution in [-0.4, -0.2) is 50.5 Å². The normalized spacial score (nSPS) is 18.0. The highest BCUT2D eigenvalue weighted by molar-refractivity contribution is 5.67. The summed E-state index contributed by atoms with van der Waals surface area (Å²) in [6.07, 6.45) is 15.1. The van der Waals surface area contributed by atoms with Crippen molar-refractivity contribution in [2.45, 2.75) is 6.42 Å². The second kappa shape index (κ2) is 7.54. The minimum absolute atomic E-state index is 0.687. The van der Waals surface area contributed by atoms with Gasteiger partial charge in [0.05, 0.1) is 6.26 Å². The molecule has 0 N–H and O–H groups in total. The smallest absolute Gasteiger partial charge is 0.162 e. The summed E-state index contributed by atoms with van der Waals surface area (Å²) in [6, 6.07) is 0.